The normalized spacial score (nSPS) is 11.2. The Morgan fingerprint density at radius 1 is 1.12 bits per heavy atom. The number of aliphatic carboxylic acids is 1. The zero-order valence-electron chi connectivity index (χ0n) is 10.5. The number of ketones is 1. The van der Waals surface area contributed by atoms with Crippen LogP contribution in [0, 0.1) is 0 Å². The Bertz CT molecular complexity index is 410. The number of carbonyl (C=O) groups is 2. The Balaban J connectivity index is 2.63. The maximum Gasteiger partial charge on any atom is 0.372 e. The summed E-state index contributed by atoms with van der Waals surface area (Å²) in [5.74, 6) is -2.08. The molecule has 3 nitrogen and oxygen atoms in total. The highest BCUT2D eigenvalue weighted by atomic mass is 16.4. The minimum Gasteiger partial charge on any atom is -0.476 e. The van der Waals surface area contributed by atoms with Crippen molar-refractivity contribution in [2.45, 2.75) is 39.0 Å². The number of carboxylic acids is 1. The molecule has 0 bridgehead atoms. The molecule has 92 valence electrons. The van der Waals surface area contributed by atoms with Crippen LogP contribution in [0.5, 0.6) is 0 Å². The molecule has 1 rings (SSSR count). The predicted octanol–water partition coefficient (Wildman–Crippen LogP) is 2.57. The zero-order chi connectivity index (χ0) is 13.1. The van der Waals surface area contributed by atoms with Crippen molar-refractivity contribution in [3.8, 4) is 0 Å². The molecule has 0 spiro atoms. The SMILES string of the molecule is CC(C)(C)c1ccc(CCC(=O)C(=O)O)cc1. The van der Waals surface area contributed by atoms with Crippen molar-refractivity contribution >= 4 is 11.8 Å². The van der Waals surface area contributed by atoms with Gasteiger partial charge in [-0.25, -0.2) is 4.79 Å². The fourth-order valence-electron chi connectivity index (χ4n) is 1.54. The number of Topliss-reactive ketones (excluding diaryl/α,β-unsaturated/α-hetero) is 1. The van der Waals surface area contributed by atoms with E-state index in [1.807, 2.05) is 24.3 Å². The van der Waals surface area contributed by atoms with Crippen LogP contribution >= 0.6 is 0 Å². The first-order valence-corrected chi connectivity index (χ1v) is 5.66. The number of hydrogen-bond donors (Lipinski definition) is 1. The molecule has 17 heavy (non-hydrogen) atoms. The van der Waals surface area contributed by atoms with Crippen molar-refractivity contribution in [2.24, 2.45) is 0 Å². The van der Waals surface area contributed by atoms with Crippen molar-refractivity contribution in [3.63, 3.8) is 0 Å². The Morgan fingerprint density at radius 2 is 1.65 bits per heavy atom. The molecule has 0 saturated heterocycles. The molecule has 3 heteroatoms. The largest absolute Gasteiger partial charge is 0.476 e. The highest BCUT2D eigenvalue weighted by Crippen LogP contribution is 2.22. The van der Waals surface area contributed by atoms with Crippen LogP contribution in [0.2, 0.25) is 0 Å². The lowest BCUT2D eigenvalue weighted by Crippen LogP contribution is -2.13. The molecule has 0 heterocycles. The molecule has 0 aliphatic heterocycles. The van der Waals surface area contributed by atoms with E-state index in [1.54, 1.807) is 0 Å². The molecule has 0 atom stereocenters. The van der Waals surface area contributed by atoms with Crippen LogP contribution in [0.25, 0.3) is 0 Å². The third-order valence-electron chi connectivity index (χ3n) is 2.70. The molecular formula is C14H18O3. The Labute approximate surface area is 101 Å². The molecule has 0 aliphatic rings. The minimum atomic E-state index is -1.35. The van der Waals surface area contributed by atoms with Crippen molar-refractivity contribution in [1.82, 2.24) is 0 Å². The van der Waals surface area contributed by atoms with Gasteiger partial charge in [-0.2, -0.15) is 0 Å². The Kier molecular flexibility index (Phi) is 4.05. The second kappa shape index (κ2) is 5.13. The van der Waals surface area contributed by atoms with Crippen molar-refractivity contribution in [2.75, 3.05) is 0 Å². The van der Waals surface area contributed by atoms with Gasteiger partial charge in [0.25, 0.3) is 0 Å². The molecule has 0 fully saturated rings. The summed E-state index contributed by atoms with van der Waals surface area (Å²) in [7, 11) is 0. The number of rotatable bonds is 4. The standard InChI is InChI=1S/C14H18O3/c1-14(2,3)11-7-4-10(5-8-11)6-9-12(15)13(16)17/h4-5,7-8H,6,9H2,1-3H3,(H,16,17). The van der Waals surface area contributed by atoms with Crippen LogP contribution < -0.4 is 0 Å². The van der Waals surface area contributed by atoms with E-state index in [0.29, 0.717) is 6.42 Å². The van der Waals surface area contributed by atoms with Gasteiger partial charge in [-0.1, -0.05) is 45.0 Å². The van der Waals surface area contributed by atoms with E-state index in [-0.39, 0.29) is 11.8 Å². The summed E-state index contributed by atoms with van der Waals surface area (Å²) >= 11 is 0. The van der Waals surface area contributed by atoms with Gasteiger partial charge in [-0.15, -0.1) is 0 Å². The quantitative estimate of drug-likeness (QED) is 0.814. The Morgan fingerprint density at radius 3 is 2.06 bits per heavy atom. The Hall–Kier alpha value is -1.64. The van der Waals surface area contributed by atoms with Crippen LogP contribution in [0.3, 0.4) is 0 Å². The summed E-state index contributed by atoms with van der Waals surface area (Å²) in [5.41, 5.74) is 2.33. The van der Waals surface area contributed by atoms with Crippen LogP contribution in [-0.2, 0) is 21.4 Å². The number of carboxylic acid groups (broad SMARTS) is 1. The van der Waals surface area contributed by atoms with Gasteiger partial charge < -0.3 is 5.11 Å². The summed E-state index contributed by atoms with van der Waals surface area (Å²) in [6.07, 6.45) is 0.541. The van der Waals surface area contributed by atoms with E-state index in [4.69, 9.17) is 5.11 Å². The van der Waals surface area contributed by atoms with E-state index in [2.05, 4.69) is 20.8 Å². The van der Waals surface area contributed by atoms with Crippen LogP contribution in [0.15, 0.2) is 24.3 Å². The second-order valence-corrected chi connectivity index (χ2v) is 5.18. The first kappa shape index (κ1) is 13.4. The van der Waals surface area contributed by atoms with Gasteiger partial charge >= 0.3 is 5.97 Å². The van der Waals surface area contributed by atoms with Crippen LogP contribution in [0.1, 0.15) is 38.3 Å². The molecule has 0 unspecified atom stereocenters. The third-order valence-corrected chi connectivity index (χ3v) is 2.70. The molecule has 0 aliphatic carbocycles. The molecule has 1 aromatic carbocycles. The lowest BCUT2D eigenvalue weighted by atomic mass is 9.86. The van der Waals surface area contributed by atoms with Crippen molar-refractivity contribution in [1.29, 1.82) is 0 Å². The van der Waals surface area contributed by atoms with Crippen molar-refractivity contribution in [3.05, 3.63) is 35.4 Å². The van der Waals surface area contributed by atoms with Crippen LogP contribution in [0.4, 0.5) is 0 Å². The number of hydrogen-bond acceptors (Lipinski definition) is 2. The average molecular weight is 234 g/mol. The van der Waals surface area contributed by atoms with Crippen LogP contribution in [-0.4, -0.2) is 16.9 Å². The van der Waals surface area contributed by atoms with Gasteiger partial charge in [0.2, 0.25) is 5.78 Å². The fraction of sp³-hybridized carbons (Fsp3) is 0.429. The number of benzene rings is 1. The summed E-state index contributed by atoms with van der Waals surface area (Å²) in [6.45, 7) is 6.40. The van der Waals surface area contributed by atoms with E-state index in [0.717, 1.165) is 5.56 Å². The molecule has 0 aromatic heterocycles. The first-order valence-electron chi connectivity index (χ1n) is 5.66. The van der Waals surface area contributed by atoms with Gasteiger partial charge in [-0.3, -0.25) is 4.79 Å². The molecule has 0 radical (unpaired) electrons. The van der Waals surface area contributed by atoms with Gasteiger partial charge in [0.1, 0.15) is 0 Å². The summed E-state index contributed by atoms with van der Waals surface area (Å²) in [5, 5.41) is 8.46. The fourth-order valence-corrected chi connectivity index (χ4v) is 1.54. The number of carbonyl (C=O) groups excluding carboxylic acids is 1. The number of aryl methyl sites for hydroxylation is 1. The van der Waals surface area contributed by atoms with Crippen molar-refractivity contribution < 1.29 is 14.7 Å². The summed E-state index contributed by atoms with van der Waals surface area (Å²) < 4.78 is 0. The van der Waals surface area contributed by atoms with Gasteiger partial charge in [0.05, 0.1) is 0 Å². The van der Waals surface area contributed by atoms with E-state index >= 15 is 0 Å². The monoisotopic (exact) mass is 234 g/mol. The van der Waals surface area contributed by atoms with E-state index in [1.165, 1.54) is 5.56 Å². The van der Waals surface area contributed by atoms with Gasteiger partial charge in [0, 0.05) is 6.42 Å². The summed E-state index contributed by atoms with van der Waals surface area (Å²) in [6, 6.07) is 7.96. The zero-order valence-corrected chi connectivity index (χ0v) is 10.5. The lowest BCUT2D eigenvalue weighted by Gasteiger charge is -2.19. The first-order chi connectivity index (χ1) is 7.80. The molecule has 1 aromatic rings. The molecular weight excluding hydrogens is 216 g/mol. The molecule has 0 amide bonds. The van der Waals surface area contributed by atoms with Gasteiger partial charge in [0.15, 0.2) is 0 Å². The molecule has 0 saturated carbocycles. The minimum absolute atomic E-state index is 0.0597. The predicted molar refractivity (Wildman–Crippen MR) is 66.1 cm³/mol. The van der Waals surface area contributed by atoms with Gasteiger partial charge in [-0.05, 0) is 23.0 Å². The highest BCUT2D eigenvalue weighted by molar-refractivity contribution is 6.32. The smallest absolute Gasteiger partial charge is 0.372 e. The second-order valence-electron chi connectivity index (χ2n) is 5.18. The lowest BCUT2D eigenvalue weighted by molar-refractivity contribution is -0.149. The van der Waals surface area contributed by atoms with E-state index < -0.39 is 11.8 Å². The molecule has 1 N–H and O–H groups in total. The third kappa shape index (κ3) is 4.02. The summed E-state index contributed by atoms with van der Waals surface area (Å²) in [4.78, 5) is 21.3. The average Bonchev–Trinajstić information content (AvgIpc) is 2.25. The maximum absolute atomic E-state index is 10.9. The maximum atomic E-state index is 10.9. The topological polar surface area (TPSA) is 54.4 Å². The van der Waals surface area contributed by atoms with E-state index in [9.17, 15) is 9.59 Å². The highest BCUT2D eigenvalue weighted by Gasteiger charge is 2.14.